The molecule has 2 aromatic carbocycles. The van der Waals surface area contributed by atoms with Crippen LogP contribution in [-0.4, -0.2) is 48.4 Å². The summed E-state index contributed by atoms with van der Waals surface area (Å²) in [6.45, 7) is 9.03. The van der Waals surface area contributed by atoms with E-state index in [-0.39, 0.29) is 5.91 Å². The molecule has 26 heavy (non-hydrogen) atoms. The summed E-state index contributed by atoms with van der Waals surface area (Å²) in [7, 11) is 0. The molecule has 1 aliphatic heterocycles. The summed E-state index contributed by atoms with van der Waals surface area (Å²) in [6, 6.07) is 16.7. The van der Waals surface area contributed by atoms with Gasteiger partial charge in [-0.2, -0.15) is 0 Å². The maximum Gasteiger partial charge on any atom is 0.253 e. The van der Waals surface area contributed by atoms with Gasteiger partial charge in [-0.05, 0) is 75.0 Å². The van der Waals surface area contributed by atoms with Crippen LogP contribution in [0.5, 0.6) is 0 Å². The third kappa shape index (κ3) is 4.95. The van der Waals surface area contributed by atoms with E-state index in [4.69, 9.17) is 0 Å². The van der Waals surface area contributed by atoms with E-state index < -0.39 is 0 Å². The summed E-state index contributed by atoms with van der Waals surface area (Å²) in [4.78, 5) is 17.4. The van der Waals surface area contributed by atoms with Gasteiger partial charge >= 0.3 is 0 Å². The molecule has 0 bridgehead atoms. The van der Waals surface area contributed by atoms with Gasteiger partial charge in [-0.3, -0.25) is 4.79 Å². The van der Waals surface area contributed by atoms with Gasteiger partial charge in [-0.25, -0.2) is 0 Å². The zero-order valence-electron chi connectivity index (χ0n) is 16.1. The Bertz CT molecular complexity index is 726. The lowest BCUT2D eigenvalue weighted by atomic mass is 10.1. The Labute approximate surface area is 157 Å². The van der Waals surface area contributed by atoms with Crippen molar-refractivity contribution in [3.05, 3.63) is 70.8 Å². The second kappa shape index (κ2) is 9.00. The van der Waals surface area contributed by atoms with E-state index in [2.05, 4.69) is 55.1 Å². The van der Waals surface area contributed by atoms with Crippen molar-refractivity contribution in [3.8, 4) is 0 Å². The lowest BCUT2D eigenvalue weighted by Gasteiger charge is -2.22. The van der Waals surface area contributed by atoms with Gasteiger partial charge in [0.05, 0.1) is 0 Å². The van der Waals surface area contributed by atoms with E-state index in [0.29, 0.717) is 0 Å². The molecule has 1 amide bonds. The van der Waals surface area contributed by atoms with Crippen LogP contribution in [0.4, 0.5) is 0 Å². The maximum atomic E-state index is 12.8. The Morgan fingerprint density at radius 1 is 0.923 bits per heavy atom. The van der Waals surface area contributed by atoms with E-state index in [9.17, 15) is 4.79 Å². The summed E-state index contributed by atoms with van der Waals surface area (Å²) in [5, 5.41) is 0. The lowest BCUT2D eigenvalue weighted by Crippen LogP contribution is -2.35. The summed E-state index contributed by atoms with van der Waals surface area (Å²) in [6.07, 6.45) is 3.36. The molecule has 1 fully saturated rings. The molecule has 3 nitrogen and oxygen atoms in total. The highest BCUT2D eigenvalue weighted by atomic mass is 16.2. The topological polar surface area (TPSA) is 23.6 Å². The Morgan fingerprint density at radius 3 is 2.50 bits per heavy atom. The summed E-state index contributed by atoms with van der Waals surface area (Å²) >= 11 is 0. The van der Waals surface area contributed by atoms with Gasteiger partial charge in [-0.1, -0.05) is 36.4 Å². The monoisotopic (exact) mass is 350 g/mol. The fourth-order valence-corrected chi connectivity index (χ4v) is 3.61. The number of nitrogens with zero attached hydrogens (tertiary/aromatic N) is 2. The van der Waals surface area contributed by atoms with Crippen LogP contribution in [0, 0.1) is 13.8 Å². The summed E-state index contributed by atoms with van der Waals surface area (Å²) in [5.74, 6) is 0.180. The second-order valence-electron chi connectivity index (χ2n) is 7.38. The van der Waals surface area contributed by atoms with E-state index >= 15 is 0 Å². The Morgan fingerprint density at radius 2 is 1.73 bits per heavy atom. The van der Waals surface area contributed by atoms with Crippen LogP contribution in [0.15, 0.2) is 48.5 Å². The van der Waals surface area contributed by atoms with Gasteiger partial charge in [0, 0.05) is 25.2 Å². The highest BCUT2D eigenvalue weighted by molar-refractivity contribution is 5.94. The fraction of sp³-hybridized carbons (Fsp3) is 0.435. The molecule has 0 radical (unpaired) electrons. The SMILES string of the molecule is Cc1ccc(C(=O)N2CCCN(CCCc3ccccc3)CC2)cc1C. The second-order valence-corrected chi connectivity index (χ2v) is 7.38. The minimum absolute atomic E-state index is 0.180. The normalized spacial score (nSPS) is 15.7. The minimum atomic E-state index is 0.180. The quantitative estimate of drug-likeness (QED) is 0.811. The van der Waals surface area contributed by atoms with E-state index in [1.165, 1.54) is 23.1 Å². The van der Waals surface area contributed by atoms with Crippen molar-refractivity contribution in [2.24, 2.45) is 0 Å². The van der Waals surface area contributed by atoms with Crippen molar-refractivity contribution < 1.29 is 4.79 Å². The summed E-state index contributed by atoms with van der Waals surface area (Å²) < 4.78 is 0. The van der Waals surface area contributed by atoms with Crippen LogP contribution in [-0.2, 0) is 6.42 Å². The van der Waals surface area contributed by atoms with Gasteiger partial charge in [0.1, 0.15) is 0 Å². The smallest absolute Gasteiger partial charge is 0.253 e. The predicted octanol–water partition coefficient (Wildman–Crippen LogP) is 4.08. The molecule has 0 saturated carbocycles. The average molecular weight is 351 g/mol. The number of carbonyl (C=O) groups is 1. The van der Waals surface area contributed by atoms with Crippen molar-refractivity contribution in [2.45, 2.75) is 33.1 Å². The molecule has 0 spiro atoms. The average Bonchev–Trinajstić information content (AvgIpc) is 2.90. The van der Waals surface area contributed by atoms with E-state index in [0.717, 1.165) is 51.1 Å². The molecule has 1 saturated heterocycles. The molecule has 1 aliphatic rings. The largest absolute Gasteiger partial charge is 0.337 e. The van der Waals surface area contributed by atoms with Crippen molar-refractivity contribution in [3.63, 3.8) is 0 Å². The third-order valence-corrected chi connectivity index (χ3v) is 5.41. The highest BCUT2D eigenvalue weighted by Gasteiger charge is 2.20. The maximum absolute atomic E-state index is 12.8. The third-order valence-electron chi connectivity index (χ3n) is 5.41. The van der Waals surface area contributed by atoms with Gasteiger partial charge in [0.2, 0.25) is 0 Å². The van der Waals surface area contributed by atoms with Crippen LogP contribution in [0.3, 0.4) is 0 Å². The first-order chi connectivity index (χ1) is 12.6. The number of rotatable bonds is 5. The van der Waals surface area contributed by atoms with Gasteiger partial charge in [0.25, 0.3) is 5.91 Å². The van der Waals surface area contributed by atoms with Crippen molar-refractivity contribution >= 4 is 5.91 Å². The van der Waals surface area contributed by atoms with Crippen LogP contribution in [0.25, 0.3) is 0 Å². The molecule has 1 heterocycles. The van der Waals surface area contributed by atoms with Crippen molar-refractivity contribution in [1.82, 2.24) is 9.80 Å². The Kier molecular flexibility index (Phi) is 6.45. The molecule has 0 N–H and O–H groups in total. The van der Waals surface area contributed by atoms with Crippen LogP contribution in [0.1, 0.15) is 39.9 Å². The van der Waals surface area contributed by atoms with Gasteiger partial charge < -0.3 is 9.80 Å². The van der Waals surface area contributed by atoms with Crippen LogP contribution >= 0.6 is 0 Å². The Balaban J connectivity index is 1.49. The number of carbonyl (C=O) groups excluding carboxylic acids is 1. The number of benzene rings is 2. The number of amides is 1. The molecule has 0 atom stereocenters. The summed E-state index contributed by atoms with van der Waals surface area (Å²) in [5.41, 5.74) is 4.66. The molecule has 2 aromatic rings. The molecule has 0 aromatic heterocycles. The number of aryl methyl sites for hydroxylation is 3. The van der Waals surface area contributed by atoms with E-state index in [1.807, 2.05) is 17.0 Å². The molecule has 0 aliphatic carbocycles. The first kappa shape index (κ1) is 18.7. The van der Waals surface area contributed by atoms with Crippen molar-refractivity contribution in [1.29, 1.82) is 0 Å². The Hall–Kier alpha value is -2.13. The standard InChI is InChI=1S/C23H30N2O/c1-19-11-12-22(18-20(19)2)23(26)25-15-7-14-24(16-17-25)13-6-10-21-8-4-3-5-9-21/h3-5,8-9,11-12,18H,6-7,10,13-17H2,1-2H3. The molecule has 3 rings (SSSR count). The minimum Gasteiger partial charge on any atom is -0.337 e. The zero-order valence-corrected chi connectivity index (χ0v) is 16.1. The van der Waals surface area contributed by atoms with E-state index in [1.54, 1.807) is 0 Å². The molecular weight excluding hydrogens is 320 g/mol. The first-order valence-corrected chi connectivity index (χ1v) is 9.76. The molecule has 138 valence electrons. The molecular formula is C23H30N2O. The van der Waals surface area contributed by atoms with Crippen LogP contribution in [0.2, 0.25) is 0 Å². The van der Waals surface area contributed by atoms with Gasteiger partial charge in [-0.15, -0.1) is 0 Å². The number of hydrogen-bond donors (Lipinski definition) is 0. The van der Waals surface area contributed by atoms with Crippen LogP contribution < -0.4 is 0 Å². The van der Waals surface area contributed by atoms with Crippen molar-refractivity contribution in [2.75, 3.05) is 32.7 Å². The molecule has 0 unspecified atom stereocenters. The number of hydrogen-bond acceptors (Lipinski definition) is 2. The highest BCUT2D eigenvalue weighted by Crippen LogP contribution is 2.14. The molecule has 3 heteroatoms. The predicted molar refractivity (Wildman–Crippen MR) is 108 cm³/mol. The fourth-order valence-electron chi connectivity index (χ4n) is 3.61. The zero-order chi connectivity index (χ0) is 18.4. The van der Waals surface area contributed by atoms with Gasteiger partial charge in [0.15, 0.2) is 0 Å². The lowest BCUT2D eigenvalue weighted by molar-refractivity contribution is 0.0761. The first-order valence-electron chi connectivity index (χ1n) is 9.76.